The van der Waals surface area contributed by atoms with Crippen molar-refractivity contribution in [3.05, 3.63) is 69.8 Å². The molecule has 0 aliphatic heterocycles. The molecule has 2 N–H and O–H groups in total. The number of rotatable bonds is 7. The summed E-state index contributed by atoms with van der Waals surface area (Å²) >= 11 is 0. The van der Waals surface area contributed by atoms with E-state index in [1.54, 1.807) is 0 Å². The molecule has 0 saturated carbocycles. The molecule has 2 aromatic rings. The number of non-ortho nitro benzene ring substituents is 1. The van der Waals surface area contributed by atoms with Crippen LogP contribution in [0.2, 0.25) is 0 Å². The van der Waals surface area contributed by atoms with E-state index in [4.69, 9.17) is 4.74 Å². The van der Waals surface area contributed by atoms with Gasteiger partial charge in [0, 0.05) is 29.8 Å². The van der Waals surface area contributed by atoms with Gasteiger partial charge in [0.1, 0.15) is 6.04 Å². The van der Waals surface area contributed by atoms with Gasteiger partial charge in [0.25, 0.3) is 11.6 Å². The van der Waals surface area contributed by atoms with Crippen molar-refractivity contribution in [1.82, 2.24) is 5.32 Å². The van der Waals surface area contributed by atoms with Crippen LogP contribution < -0.4 is 10.6 Å². The monoisotopic (exact) mass is 401 g/mol. The van der Waals surface area contributed by atoms with E-state index in [1.165, 1.54) is 62.8 Å². The molecule has 0 spiro atoms. The van der Waals surface area contributed by atoms with E-state index in [-0.39, 0.29) is 17.7 Å². The molecule has 152 valence electrons. The fraction of sp³-hybridized carbons (Fsp3) is 0.211. The van der Waals surface area contributed by atoms with Gasteiger partial charge in [-0.2, -0.15) is 0 Å². The molecule has 2 aromatic carbocycles. The molecule has 1 unspecified atom stereocenters. The van der Waals surface area contributed by atoms with Crippen LogP contribution in [0.25, 0.3) is 0 Å². The molecular formula is C19H19N3O7. The third kappa shape index (κ3) is 6.03. The lowest BCUT2D eigenvalue weighted by Crippen LogP contribution is -2.43. The molecular weight excluding hydrogens is 382 g/mol. The molecule has 1 atom stereocenters. The SMILES string of the molecule is COC(=O)Nc1ccc(C(=O)NC(Cc2ccc([N+](=O)[O-])cc2)C(=O)OC)cc1. The minimum atomic E-state index is -0.984. The van der Waals surface area contributed by atoms with Gasteiger partial charge in [0.15, 0.2) is 0 Å². The predicted molar refractivity (Wildman–Crippen MR) is 103 cm³/mol. The summed E-state index contributed by atoms with van der Waals surface area (Å²) < 4.78 is 9.22. The first-order chi connectivity index (χ1) is 13.8. The highest BCUT2D eigenvalue weighted by atomic mass is 16.6. The van der Waals surface area contributed by atoms with Gasteiger partial charge >= 0.3 is 12.1 Å². The molecule has 2 amide bonds. The molecule has 0 aliphatic carbocycles. The molecule has 29 heavy (non-hydrogen) atoms. The summed E-state index contributed by atoms with van der Waals surface area (Å²) in [4.78, 5) is 45.9. The third-order valence-electron chi connectivity index (χ3n) is 3.96. The van der Waals surface area contributed by atoms with E-state index in [2.05, 4.69) is 15.4 Å². The van der Waals surface area contributed by atoms with E-state index < -0.39 is 28.9 Å². The van der Waals surface area contributed by atoms with Gasteiger partial charge in [0.2, 0.25) is 0 Å². The third-order valence-corrected chi connectivity index (χ3v) is 3.96. The van der Waals surface area contributed by atoms with E-state index in [9.17, 15) is 24.5 Å². The summed E-state index contributed by atoms with van der Waals surface area (Å²) in [5.41, 5.74) is 1.23. The van der Waals surface area contributed by atoms with Crippen molar-refractivity contribution in [1.29, 1.82) is 0 Å². The second-order valence-corrected chi connectivity index (χ2v) is 5.87. The normalized spacial score (nSPS) is 11.1. The van der Waals surface area contributed by atoms with Crippen molar-refractivity contribution in [2.24, 2.45) is 0 Å². The highest BCUT2D eigenvalue weighted by Gasteiger charge is 2.23. The molecule has 10 heteroatoms. The Balaban J connectivity index is 2.09. The predicted octanol–water partition coefficient (Wildman–Crippen LogP) is 2.29. The lowest BCUT2D eigenvalue weighted by atomic mass is 10.0. The summed E-state index contributed by atoms with van der Waals surface area (Å²) in [6.45, 7) is 0. The van der Waals surface area contributed by atoms with Gasteiger partial charge in [0.05, 0.1) is 19.1 Å². The quantitative estimate of drug-likeness (QED) is 0.412. The standard InChI is InChI=1S/C19H19N3O7/c1-28-18(24)16(11-12-3-9-15(10-4-12)22(26)27)21-17(23)13-5-7-14(8-6-13)20-19(25)29-2/h3-10,16H,11H2,1-2H3,(H,20,25)(H,21,23). The summed E-state index contributed by atoms with van der Waals surface area (Å²) in [6.07, 6.45) is -0.547. The molecule has 0 bridgehead atoms. The number of anilines is 1. The van der Waals surface area contributed by atoms with Gasteiger partial charge in [-0.3, -0.25) is 20.2 Å². The first kappa shape index (κ1) is 21.4. The van der Waals surface area contributed by atoms with E-state index in [0.29, 0.717) is 11.3 Å². The number of carbonyl (C=O) groups is 3. The molecule has 10 nitrogen and oxygen atoms in total. The first-order valence-corrected chi connectivity index (χ1v) is 8.41. The van der Waals surface area contributed by atoms with Gasteiger partial charge in [-0.25, -0.2) is 9.59 Å². The van der Waals surface area contributed by atoms with Crippen molar-refractivity contribution >= 4 is 29.3 Å². The first-order valence-electron chi connectivity index (χ1n) is 8.41. The van der Waals surface area contributed by atoms with Crippen LogP contribution in [-0.2, 0) is 20.7 Å². The lowest BCUT2D eigenvalue weighted by Gasteiger charge is -2.17. The van der Waals surface area contributed by atoms with Crippen LogP contribution in [0.5, 0.6) is 0 Å². The second-order valence-electron chi connectivity index (χ2n) is 5.87. The van der Waals surface area contributed by atoms with Crippen molar-refractivity contribution in [2.75, 3.05) is 19.5 Å². The van der Waals surface area contributed by atoms with Gasteiger partial charge in [-0.15, -0.1) is 0 Å². The lowest BCUT2D eigenvalue weighted by molar-refractivity contribution is -0.384. The summed E-state index contributed by atoms with van der Waals surface area (Å²) in [7, 11) is 2.43. The molecule has 0 fully saturated rings. The zero-order valence-electron chi connectivity index (χ0n) is 15.7. The maximum Gasteiger partial charge on any atom is 0.411 e. The number of benzene rings is 2. The molecule has 0 aliphatic rings. The number of hydrogen-bond donors (Lipinski definition) is 2. The highest BCUT2D eigenvalue weighted by Crippen LogP contribution is 2.14. The Hall–Kier alpha value is -3.95. The van der Waals surface area contributed by atoms with Crippen molar-refractivity contribution in [3.8, 4) is 0 Å². The van der Waals surface area contributed by atoms with Gasteiger partial charge < -0.3 is 14.8 Å². The number of nitro benzene ring substituents is 1. The Labute approximate surface area is 166 Å². The molecule has 2 rings (SSSR count). The average molecular weight is 401 g/mol. The van der Waals surface area contributed by atoms with E-state index >= 15 is 0 Å². The van der Waals surface area contributed by atoms with E-state index in [1.807, 2.05) is 0 Å². The Bertz CT molecular complexity index is 895. The summed E-state index contributed by atoms with van der Waals surface area (Å²) in [5, 5.41) is 15.8. The molecule has 0 radical (unpaired) electrons. The van der Waals surface area contributed by atoms with Crippen LogP contribution >= 0.6 is 0 Å². The van der Waals surface area contributed by atoms with Crippen molar-refractivity contribution in [2.45, 2.75) is 12.5 Å². The van der Waals surface area contributed by atoms with Gasteiger partial charge in [-0.05, 0) is 29.8 Å². The van der Waals surface area contributed by atoms with Crippen molar-refractivity contribution < 1.29 is 28.8 Å². The number of nitrogens with zero attached hydrogens (tertiary/aromatic N) is 1. The van der Waals surface area contributed by atoms with Crippen LogP contribution in [0.1, 0.15) is 15.9 Å². The number of nitrogens with one attached hydrogen (secondary N) is 2. The fourth-order valence-corrected chi connectivity index (χ4v) is 2.44. The van der Waals surface area contributed by atoms with E-state index in [0.717, 1.165) is 0 Å². The number of hydrogen-bond acceptors (Lipinski definition) is 7. The van der Waals surface area contributed by atoms with Crippen molar-refractivity contribution in [3.63, 3.8) is 0 Å². The Morgan fingerprint density at radius 2 is 1.62 bits per heavy atom. The average Bonchev–Trinajstić information content (AvgIpc) is 2.73. The molecule has 0 aromatic heterocycles. The molecule has 0 saturated heterocycles. The maximum absolute atomic E-state index is 12.5. The highest BCUT2D eigenvalue weighted by molar-refractivity contribution is 5.97. The Morgan fingerprint density at radius 1 is 1.00 bits per heavy atom. The van der Waals surface area contributed by atoms with Crippen LogP contribution in [0.4, 0.5) is 16.2 Å². The smallest absolute Gasteiger partial charge is 0.411 e. The largest absolute Gasteiger partial charge is 0.467 e. The number of carbonyl (C=O) groups excluding carboxylic acids is 3. The number of amides is 2. The minimum Gasteiger partial charge on any atom is -0.467 e. The van der Waals surface area contributed by atoms with Gasteiger partial charge in [-0.1, -0.05) is 12.1 Å². The number of esters is 1. The van der Waals surface area contributed by atoms with Crippen LogP contribution in [0.15, 0.2) is 48.5 Å². The summed E-state index contributed by atoms with van der Waals surface area (Å²) in [6, 6.07) is 10.6. The minimum absolute atomic E-state index is 0.0759. The second kappa shape index (κ2) is 9.83. The van der Waals surface area contributed by atoms with Crippen LogP contribution in [-0.4, -0.2) is 43.2 Å². The molecule has 0 heterocycles. The maximum atomic E-state index is 12.5. The zero-order valence-corrected chi connectivity index (χ0v) is 15.7. The summed E-state index contributed by atoms with van der Waals surface area (Å²) in [5.74, 6) is -1.17. The fourth-order valence-electron chi connectivity index (χ4n) is 2.44. The van der Waals surface area contributed by atoms with Crippen LogP contribution in [0, 0.1) is 10.1 Å². The van der Waals surface area contributed by atoms with Crippen LogP contribution in [0.3, 0.4) is 0 Å². The zero-order chi connectivity index (χ0) is 21.4. The Kier molecular flexibility index (Phi) is 7.24. The Morgan fingerprint density at radius 3 is 2.14 bits per heavy atom. The topological polar surface area (TPSA) is 137 Å². The number of ether oxygens (including phenoxy) is 2. The number of methoxy groups -OCH3 is 2. The number of nitro groups is 1.